The number of ketones is 2. The molecule has 4 rings (SSSR count). The molecule has 0 saturated heterocycles. The molecule has 0 radical (unpaired) electrons. The smallest absolute Gasteiger partial charge is 0.178 e. The van der Waals surface area contributed by atoms with Crippen LogP contribution in [0.25, 0.3) is 0 Å². The van der Waals surface area contributed by atoms with Gasteiger partial charge < -0.3 is 9.47 Å². The van der Waals surface area contributed by atoms with E-state index < -0.39 is 11.6 Å². The van der Waals surface area contributed by atoms with Crippen molar-refractivity contribution < 1.29 is 23.5 Å². The number of fused-ring (bicyclic) bond motifs is 5. The van der Waals surface area contributed by atoms with E-state index in [0.717, 1.165) is 12.8 Å². The fraction of sp³-hybridized carbons (Fsp3) is 0.769. The van der Waals surface area contributed by atoms with Crippen LogP contribution in [-0.4, -0.2) is 44.7 Å². The largest absolute Gasteiger partial charge is 0.381 e. The number of ether oxygens (including phenoxy) is 2. The van der Waals surface area contributed by atoms with Crippen molar-refractivity contribution in [3.05, 3.63) is 23.8 Å². The monoisotopic (exact) mass is 432 g/mol. The zero-order valence-electron chi connectivity index (χ0n) is 20.0. The van der Waals surface area contributed by atoms with Crippen molar-refractivity contribution in [1.29, 1.82) is 0 Å². The van der Waals surface area contributed by atoms with Crippen molar-refractivity contribution in [2.45, 2.75) is 66.2 Å². The molecule has 0 heterocycles. The van der Waals surface area contributed by atoms with Gasteiger partial charge in [0.15, 0.2) is 11.6 Å². The highest BCUT2D eigenvalue weighted by atomic mass is 19.1. The van der Waals surface area contributed by atoms with E-state index in [2.05, 4.69) is 34.6 Å². The number of allylic oxidation sites excluding steroid dienone is 4. The first-order valence-electron chi connectivity index (χ1n) is 11.5. The van der Waals surface area contributed by atoms with E-state index in [4.69, 9.17) is 9.47 Å². The van der Waals surface area contributed by atoms with Crippen LogP contribution >= 0.6 is 0 Å². The Bertz CT molecular complexity index is 863. The molecular formula is C26H37FO4. The van der Waals surface area contributed by atoms with Gasteiger partial charge >= 0.3 is 0 Å². The molecule has 0 aromatic rings. The second-order valence-corrected chi connectivity index (χ2v) is 11.4. The quantitative estimate of drug-likeness (QED) is 0.645. The molecule has 4 nitrogen and oxygen atoms in total. The van der Waals surface area contributed by atoms with Gasteiger partial charge in [0, 0.05) is 31.0 Å². The summed E-state index contributed by atoms with van der Waals surface area (Å²) in [7, 11) is 3.30. The van der Waals surface area contributed by atoms with E-state index in [1.54, 1.807) is 20.3 Å². The van der Waals surface area contributed by atoms with Gasteiger partial charge in [-0.25, -0.2) is 4.39 Å². The highest BCUT2D eigenvalue weighted by Gasteiger charge is 2.74. The molecule has 0 aromatic carbocycles. The average Bonchev–Trinajstić information content (AvgIpc) is 2.90. The standard InChI is InChI=1S/C26H37FO4/c1-15-12-24(3)20-11-18(27)17-10-16(28)8-9-23(17,2)26(20,5)21(31-7)13-25(24,4)22(15)19(29)14-30-6/h8-10,15,18,20-22H,11-14H2,1-7H3. The third-order valence-corrected chi connectivity index (χ3v) is 10.4. The van der Waals surface area contributed by atoms with Crippen LogP contribution < -0.4 is 0 Å². The SMILES string of the molecule is COCC(=O)C1C(C)CC2(C)C3CC(F)C4=CC(=O)C=CC4(C)C3(C)C(OC)CC12C. The molecule has 0 amide bonds. The van der Waals surface area contributed by atoms with Gasteiger partial charge in [0.25, 0.3) is 0 Å². The number of hydrogen-bond acceptors (Lipinski definition) is 4. The first-order chi connectivity index (χ1) is 14.4. The van der Waals surface area contributed by atoms with E-state index >= 15 is 4.39 Å². The average molecular weight is 433 g/mol. The topological polar surface area (TPSA) is 52.6 Å². The lowest BCUT2D eigenvalue weighted by Crippen LogP contribution is -2.68. The number of hydrogen-bond donors (Lipinski definition) is 0. The Morgan fingerprint density at radius 3 is 2.45 bits per heavy atom. The maximum atomic E-state index is 15.8. The highest BCUT2D eigenvalue weighted by molar-refractivity contribution is 6.01. The molecule has 0 spiro atoms. The molecule has 9 unspecified atom stereocenters. The van der Waals surface area contributed by atoms with Crippen molar-refractivity contribution >= 4 is 11.6 Å². The summed E-state index contributed by atoms with van der Waals surface area (Å²) in [6, 6.07) is 0. The molecule has 31 heavy (non-hydrogen) atoms. The lowest BCUT2D eigenvalue weighted by atomic mass is 9.36. The molecule has 0 bridgehead atoms. The van der Waals surface area contributed by atoms with Gasteiger partial charge in [-0.1, -0.05) is 40.7 Å². The van der Waals surface area contributed by atoms with Gasteiger partial charge in [-0.05, 0) is 59.7 Å². The number of Topliss-reactive ketones (excluding diaryl/α,β-unsaturated/α-hetero) is 1. The summed E-state index contributed by atoms with van der Waals surface area (Å²) < 4.78 is 27.1. The summed E-state index contributed by atoms with van der Waals surface area (Å²) >= 11 is 0. The predicted octanol–water partition coefficient (Wildman–Crippen LogP) is 4.73. The summed E-state index contributed by atoms with van der Waals surface area (Å²) in [5, 5.41) is 0. The molecule has 4 aliphatic rings. The maximum Gasteiger partial charge on any atom is 0.178 e. The summed E-state index contributed by atoms with van der Waals surface area (Å²) in [6.45, 7) is 11.1. The van der Waals surface area contributed by atoms with E-state index in [-0.39, 0.29) is 58.3 Å². The highest BCUT2D eigenvalue weighted by Crippen LogP contribution is 2.77. The molecular weight excluding hydrogens is 395 g/mol. The van der Waals surface area contributed by atoms with Crippen LogP contribution in [0.5, 0.6) is 0 Å². The van der Waals surface area contributed by atoms with Gasteiger partial charge in [-0.3, -0.25) is 9.59 Å². The van der Waals surface area contributed by atoms with E-state index in [9.17, 15) is 9.59 Å². The first-order valence-corrected chi connectivity index (χ1v) is 11.5. The van der Waals surface area contributed by atoms with Crippen LogP contribution in [0.1, 0.15) is 53.9 Å². The van der Waals surface area contributed by atoms with Crippen LogP contribution in [-0.2, 0) is 19.1 Å². The Hall–Kier alpha value is -1.33. The van der Waals surface area contributed by atoms with Crippen LogP contribution in [0.15, 0.2) is 23.8 Å². The number of rotatable bonds is 4. The minimum absolute atomic E-state index is 0.0153. The van der Waals surface area contributed by atoms with Gasteiger partial charge in [0.1, 0.15) is 12.8 Å². The fourth-order valence-corrected chi connectivity index (χ4v) is 8.76. The Kier molecular flexibility index (Phi) is 5.22. The van der Waals surface area contributed by atoms with Crippen LogP contribution in [0, 0.1) is 39.4 Å². The number of carbonyl (C=O) groups excluding carboxylic acids is 2. The Morgan fingerprint density at radius 1 is 1.16 bits per heavy atom. The lowest BCUT2D eigenvalue weighted by molar-refractivity contribution is -0.226. The number of carbonyl (C=O) groups is 2. The summed E-state index contributed by atoms with van der Waals surface area (Å²) in [5.41, 5.74) is -0.935. The van der Waals surface area contributed by atoms with Crippen molar-refractivity contribution in [2.24, 2.45) is 39.4 Å². The van der Waals surface area contributed by atoms with Gasteiger partial charge in [0.05, 0.1) is 6.10 Å². The Balaban J connectivity index is 1.89. The molecule has 0 aliphatic heterocycles. The van der Waals surface area contributed by atoms with Crippen molar-refractivity contribution in [3.8, 4) is 0 Å². The lowest BCUT2D eigenvalue weighted by Gasteiger charge is -2.69. The van der Waals surface area contributed by atoms with Crippen molar-refractivity contribution in [2.75, 3.05) is 20.8 Å². The number of alkyl halides is 1. The van der Waals surface area contributed by atoms with E-state index in [1.165, 1.54) is 6.08 Å². The van der Waals surface area contributed by atoms with E-state index in [1.807, 2.05) is 6.08 Å². The third kappa shape index (κ3) is 2.65. The molecule has 3 fully saturated rings. The van der Waals surface area contributed by atoms with Crippen molar-refractivity contribution in [3.63, 3.8) is 0 Å². The zero-order valence-corrected chi connectivity index (χ0v) is 20.0. The normalized spacial score (nSPS) is 51.0. The maximum absolute atomic E-state index is 15.8. The second kappa shape index (κ2) is 7.08. The number of methoxy groups -OCH3 is 2. The molecule has 4 aliphatic carbocycles. The second-order valence-electron chi connectivity index (χ2n) is 11.4. The molecule has 0 aromatic heterocycles. The molecule has 0 N–H and O–H groups in total. The van der Waals surface area contributed by atoms with Gasteiger partial charge in [-0.2, -0.15) is 0 Å². The zero-order chi connectivity index (χ0) is 23.0. The molecule has 172 valence electrons. The van der Waals surface area contributed by atoms with Gasteiger partial charge in [0.2, 0.25) is 0 Å². The van der Waals surface area contributed by atoms with Gasteiger partial charge in [-0.15, -0.1) is 0 Å². The Morgan fingerprint density at radius 2 is 1.84 bits per heavy atom. The summed E-state index contributed by atoms with van der Waals surface area (Å²) in [6.07, 6.45) is 5.68. The predicted molar refractivity (Wildman–Crippen MR) is 117 cm³/mol. The fourth-order valence-electron chi connectivity index (χ4n) is 8.76. The first kappa shape index (κ1) is 22.8. The molecule has 9 atom stereocenters. The minimum atomic E-state index is -1.17. The van der Waals surface area contributed by atoms with Crippen LogP contribution in [0.2, 0.25) is 0 Å². The molecule has 3 saturated carbocycles. The minimum Gasteiger partial charge on any atom is -0.381 e. The summed E-state index contributed by atoms with van der Waals surface area (Å²) in [5.74, 6) is 0.0798. The van der Waals surface area contributed by atoms with Crippen LogP contribution in [0.4, 0.5) is 4.39 Å². The molecule has 5 heteroatoms. The summed E-state index contributed by atoms with van der Waals surface area (Å²) in [4.78, 5) is 25.3. The van der Waals surface area contributed by atoms with E-state index in [0.29, 0.717) is 12.0 Å². The van der Waals surface area contributed by atoms with Crippen molar-refractivity contribution in [1.82, 2.24) is 0 Å². The third-order valence-electron chi connectivity index (χ3n) is 10.4. The number of halogens is 1. The van der Waals surface area contributed by atoms with Crippen LogP contribution in [0.3, 0.4) is 0 Å². The Labute approximate surface area is 185 Å².